The minimum absolute atomic E-state index is 0.0774. The highest BCUT2D eigenvalue weighted by Crippen LogP contribution is 2.38. The van der Waals surface area contributed by atoms with Crippen LogP contribution in [-0.4, -0.2) is 29.9 Å². The summed E-state index contributed by atoms with van der Waals surface area (Å²) in [6.45, 7) is 16.6. The molecule has 0 aliphatic carbocycles. The fraction of sp³-hybridized carbons (Fsp3) is 0.324. The Hall–Kier alpha value is -4.17. The molecule has 7 nitrogen and oxygen atoms in total. The van der Waals surface area contributed by atoms with E-state index in [1.54, 1.807) is 30.7 Å². The standard InChI is InChI=1S/C34H41N3O4Si/c1-33(2,3)40-32(38)29(22-26-18-13-19-39-26)37-31-28(20-24-14-10-9-11-15-24)36-30(23-35-31)25-16-12-17-27(21-25)41-42(7,8)34(4,5)6/h9-19,21-23H,20H2,1-8H3,(H,35,37)/b29-22-. The van der Waals surface area contributed by atoms with Crippen molar-refractivity contribution in [1.82, 2.24) is 9.97 Å². The van der Waals surface area contributed by atoms with E-state index in [-0.39, 0.29) is 10.7 Å². The monoisotopic (exact) mass is 583 g/mol. The van der Waals surface area contributed by atoms with E-state index in [0.717, 1.165) is 16.9 Å². The van der Waals surface area contributed by atoms with Gasteiger partial charge < -0.3 is 18.9 Å². The Balaban J connectivity index is 1.73. The molecule has 1 N–H and O–H groups in total. The topological polar surface area (TPSA) is 86.5 Å². The molecule has 0 fully saturated rings. The van der Waals surface area contributed by atoms with Gasteiger partial charge in [-0.05, 0) is 68.7 Å². The van der Waals surface area contributed by atoms with Gasteiger partial charge in [0.05, 0.1) is 23.8 Å². The molecule has 0 spiro atoms. The molecule has 0 atom stereocenters. The van der Waals surface area contributed by atoms with Gasteiger partial charge in [-0.25, -0.2) is 14.8 Å². The van der Waals surface area contributed by atoms with Gasteiger partial charge in [-0.1, -0.05) is 63.2 Å². The lowest BCUT2D eigenvalue weighted by Gasteiger charge is -2.36. The summed E-state index contributed by atoms with van der Waals surface area (Å²) in [6, 6.07) is 21.6. The maximum absolute atomic E-state index is 13.2. The molecule has 0 radical (unpaired) electrons. The van der Waals surface area contributed by atoms with Crippen molar-refractivity contribution in [3.8, 4) is 17.0 Å². The summed E-state index contributed by atoms with van der Waals surface area (Å²) < 4.78 is 17.7. The summed E-state index contributed by atoms with van der Waals surface area (Å²) in [7, 11) is -2.02. The molecule has 8 heteroatoms. The zero-order valence-corrected chi connectivity index (χ0v) is 26.8. The summed E-state index contributed by atoms with van der Waals surface area (Å²) in [5.74, 6) is 1.27. The average Bonchev–Trinajstić information content (AvgIpc) is 3.41. The van der Waals surface area contributed by atoms with E-state index in [2.05, 4.69) is 39.2 Å². The number of anilines is 1. The second-order valence-corrected chi connectivity index (χ2v) is 17.5. The van der Waals surface area contributed by atoms with Crippen LogP contribution in [0.25, 0.3) is 17.3 Å². The zero-order valence-electron chi connectivity index (χ0n) is 25.8. The quantitative estimate of drug-likeness (QED) is 0.120. The molecule has 0 unspecified atom stereocenters. The minimum Gasteiger partial charge on any atom is -0.543 e. The molecule has 0 bridgehead atoms. The highest BCUT2D eigenvalue weighted by Gasteiger charge is 2.39. The van der Waals surface area contributed by atoms with E-state index in [1.165, 1.54) is 0 Å². The van der Waals surface area contributed by atoms with Crippen LogP contribution >= 0.6 is 0 Å². The van der Waals surface area contributed by atoms with E-state index in [0.29, 0.717) is 29.4 Å². The van der Waals surface area contributed by atoms with Gasteiger partial charge >= 0.3 is 5.97 Å². The molecular formula is C34H41N3O4Si. The smallest absolute Gasteiger partial charge is 0.355 e. The van der Waals surface area contributed by atoms with Crippen molar-refractivity contribution in [3.63, 3.8) is 0 Å². The Morgan fingerprint density at radius 2 is 1.71 bits per heavy atom. The minimum atomic E-state index is -2.02. The van der Waals surface area contributed by atoms with Crippen LogP contribution in [-0.2, 0) is 16.0 Å². The lowest BCUT2D eigenvalue weighted by Crippen LogP contribution is -2.43. The molecule has 2 heterocycles. The van der Waals surface area contributed by atoms with Crippen molar-refractivity contribution in [3.05, 3.63) is 102 Å². The molecular weight excluding hydrogens is 542 g/mol. The number of benzene rings is 2. The first kappa shape index (κ1) is 30.8. The van der Waals surface area contributed by atoms with Crippen LogP contribution in [0.2, 0.25) is 18.1 Å². The van der Waals surface area contributed by atoms with Gasteiger partial charge in [0.15, 0.2) is 5.82 Å². The van der Waals surface area contributed by atoms with Crippen LogP contribution in [0.3, 0.4) is 0 Å². The first-order valence-electron chi connectivity index (χ1n) is 14.1. The molecule has 220 valence electrons. The lowest BCUT2D eigenvalue weighted by molar-refractivity contribution is -0.149. The third kappa shape index (κ3) is 8.19. The van der Waals surface area contributed by atoms with Crippen LogP contribution in [0.15, 0.2) is 89.3 Å². The molecule has 0 aliphatic heterocycles. The summed E-state index contributed by atoms with van der Waals surface area (Å²) in [5, 5.41) is 3.28. The molecule has 0 saturated heterocycles. The number of hydrogen-bond acceptors (Lipinski definition) is 7. The van der Waals surface area contributed by atoms with Gasteiger partial charge in [0.25, 0.3) is 0 Å². The van der Waals surface area contributed by atoms with Crippen molar-refractivity contribution in [2.75, 3.05) is 5.32 Å². The SMILES string of the molecule is CC(C)(C)OC(=O)/C(=C/c1ccco1)Nc1ncc(-c2cccc(O[Si](C)(C)C(C)(C)C)c2)nc1Cc1ccccc1. The number of aromatic nitrogens is 2. The molecule has 0 amide bonds. The van der Waals surface area contributed by atoms with E-state index in [9.17, 15) is 4.79 Å². The number of ether oxygens (including phenoxy) is 1. The molecule has 0 aliphatic rings. The van der Waals surface area contributed by atoms with Crippen LogP contribution < -0.4 is 9.74 Å². The maximum Gasteiger partial charge on any atom is 0.355 e. The van der Waals surface area contributed by atoms with Crippen LogP contribution in [0, 0.1) is 0 Å². The number of rotatable bonds is 9. The first-order chi connectivity index (χ1) is 19.7. The molecule has 0 saturated carbocycles. The largest absolute Gasteiger partial charge is 0.543 e. The Kier molecular flexibility index (Phi) is 9.06. The first-order valence-corrected chi connectivity index (χ1v) is 17.1. The predicted molar refractivity (Wildman–Crippen MR) is 171 cm³/mol. The highest BCUT2D eigenvalue weighted by molar-refractivity contribution is 6.74. The number of nitrogens with zero attached hydrogens (tertiary/aromatic N) is 2. The molecule has 2 aromatic carbocycles. The lowest BCUT2D eigenvalue weighted by atomic mass is 10.1. The second kappa shape index (κ2) is 12.4. The Morgan fingerprint density at radius 3 is 2.36 bits per heavy atom. The van der Waals surface area contributed by atoms with Crippen LogP contribution in [0.4, 0.5) is 5.82 Å². The van der Waals surface area contributed by atoms with Crippen molar-refractivity contribution in [1.29, 1.82) is 0 Å². The third-order valence-electron chi connectivity index (χ3n) is 7.07. The number of hydrogen-bond donors (Lipinski definition) is 1. The fourth-order valence-electron chi connectivity index (χ4n) is 3.87. The average molecular weight is 584 g/mol. The fourth-order valence-corrected chi connectivity index (χ4v) is 4.89. The molecule has 42 heavy (non-hydrogen) atoms. The second-order valence-electron chi connectivity index (χ2n) is 12.8. The van der Waals surface area contributed by atoms with Gasteiger partial charge in [0, 0.05) is 18.1 Å². The van der Waals surface area contributed by atoms with E-state index in [1.807, 2.05) is 75.4 Å². The van der Waals surface area contributed by atoms with Gasteiger partial charge in [-0.2, -0.15) is 0 Å². The van der Waals surface area contributed by atoms with Gasteiger partial charge in [0.1, 0.15) is 22.8 Å². The normalized spacial score (nSPS) is 12.6. The van der Waals surface area contributed by atoms with E-state index >= 15 is 0 Å². The maximum atomic E-state index is 13.2. The summed E-state index contributed by atoms with van der Waals surface area (Å²) >= 11 is 0. The van der Waals surface area contributed by atoms with Crippen molar-refractivity contribution < 1.29 is 18.4 Å². The molecule has 2 aromatic heterocycles. The Morgan fingerprint density at radius 1 is 0.976 bits per heavy atom. The van der Waals surface area contributed by atoms with Gasteiger partial charge in [0.2, 0.25) is 8.32 Å². The van der Waals surface area contributed by atoms with Crippen molar-refractivity contribution in [2.45, 2.75) is 71.7 Å². The molecule has 4 rings (SSSR count). The van der Waals surface area contributed by atoms with E-state index < -0.39 is 19.9 Å². The number of esters is 1. The summed E-state index contributed by atoms with van der Waals surface area (Å²) in [6.07, 6.45) is 5.38. The summed E-state index contributed by atoms with van der Waals surface area (Å²) in [5.41, 5.74) is 2.88. The number of nitrogens with one attached hydrogen (secondary N) is 1. The summed E-state index contributed by atoms with van der Waals surface area (Å²) in [4.78, 5) is 23.0. The van der Waals surface area contributed by atoms with Gasteiger partial charge in [-0.3, -0.25) is 0 Å². The number of carbonyl (C=O) groups is 1. The zero-order chi connectivity index (χ0) is 30.5. The molecule has 4 aromatic rings. The Labute approximate surface area is 250 Å². The van der Waals surface area contributed by atoms with Crippen LogP contribution in [0.1, 0.15) is 58.6 Å². The highest BCUT2D eigenvalue weighted by atomic mass is 28.4. The number of furan rings is 1. The van der Waals surface area contributed by atoms with Gasteiger partial charge in [-0.15, -0.1) is 0 Å². The van der Waals surface area contributed by atoms with Crippen molar-refractivity contribution >= 4 is 26.2 Å². The Bertz CT molecular complexity index is 1530. The van der Waals surface area contributed by atoms with Crippen molar-refractivity contribution in [2.24, 2.45) is 0 Å². The third-order valence-corrected chi connectivity index (χ3v) is 11.4. The van der Waals surface area contributed by atoms with Crippen LogP contribution in [0.5, 0.6) is 5.75 Å². The number of carbonyl (C=O) groups excluding carboxylic acids is 1. The van der Waals surface area contributed by atoms with E-state index in [4.69, 9.17) is 23.5 Å². The predicted octanol–water partition coefficient (Wildman–Crippen LogP) is 8.51.